The molecule has 2 aromatic rings. The highest BCUT2D eigenvalue weighted by molar-refractivity contribution is 5.98. The second-order valence-electron chi connectivity index (χ2n) is 8.61. The van der Waals surface area contributed by atoms with E-state index in [0.29, 0.717) is 43.6 Å². The fourth-order valence-electron chi connectivity index (χ4n) is 4.08. The van der Waals surface area contributed by atoms with Crippen LogP contribution in [-0.4, -0.2) is 48.3 Å². The second-order valence-corrected chi connectivity index (χ2v) is 8.61. The SMILES string of the molecule is CCCNC(=O)[C@@H](NC(=O)c1ccc(C)cc1)C1CCN(C(=O)c2cccc(C)c2)CC1. The molecule has 1 aliphatic rings. The van der Waals surface area contributed by atoms with Crippen molar-refractivity contribution in [3.63, 3.8) is 0 Å². The van der Waals surface area contributed by atoms with Gasteiger partial charge in [-0.25, -0.2) is 0 Å². The molecule has 0 aromatic heterocycles. The normalized spacial score (nSPS) is 15.2. The van der Waals surface area contributed by atoms with Crippen LogP contribution < -0.4 is 10.6 Å². The first-order valence-corrected chi connectivity index (χ1v) is 11.4. The minimum absolute atomic E-state index is 0.0165. The Morgan fingerprint density at radius 1 is 0.969 bits per heavy atom. The van der Waals surface area contributed by atoms with Crippen molar-refractivity contribution in [2.45, 2.75) is 46.1 Å². The van der Waals surface area contributed by atoms with Crippen molar-refractivity contribution in [2.75, 3.05) is 19.6 Å². The maximum atomic E-state index is 12.9. The van der Waals surface area contributed by atoms with E-state index < -0.39 is 6.04 Å². The molecule has 32 heavy (non-hydrogen) atoms. The largest absolute Gasteiger partial charge is 0.354 e. The number of piperidine rings is 1. The van der Waals surface area contributed by atoms with Crippen LogP contribution in [0.1, 0.15) is 58.0 Å². The summed E-state index contributed by atoms with van der Waals surface area (Å²) in [4.78, 5) is 40.4. The number of carbonyl (C=O) groups is 3. The van der Waals surface area contributed by atoms with Gasteiger partial charge in [-0.2, -0.15) is 0 Å². The fraction of sp³-hybridized carbons (Fsp3) is 0.423. The van der Waals surface area contributed by atoms with E-state index in [2.05, 4.69) is 10.6 Å². The molecule has 1 aliphatic heterocycles. The maximum absolute atomic E-state index is 12.9. The summed E-state index contributed by atoms with van der Waals surface area (Å²) in [6.07, 6.45) is 2.15. The van der Waals surface area contributed by atoms with E-state index in [1.165, 1.54) is 0 Å². The fourth-order valence-corrected chi connectivity index (χ4v) is 4.08. The molecule has 6 heteroatoms. The molecule has 0 saturated carbocycles. The van der Waals surface area contributed by atoms with Gasteiger partial charge in [0.15, 0.2) is 0 Å². The average molecular weight is 436 g/mol. The molecular weight excluding hydrogens is 402 g/mol. The molecule has 0 radical (unpaired) electrons. The van der Waals surface area contributed by atoms with Gasteiger partial charge < -0.3 is 15.5 Å². The van der Waals surface area contributed by atoms with Crippen LogP contribution >= 0.6 is 0 Å². The summed E-state index contributed by atoms with van der Waals surface area (Å²) in [7, 11) is 0. The Bertz CT molecular complexity index is 947. The summed E-state index contributed by atoms with van der Waals surface area (Å²) in [5.74, 6) is -0.415. The molecule has 3 amide bonds. The Labute approximate surface area is 190 Å². The summed E-state index contributed by atoms with van der Waals surface area (Å²) < 4.78 is 0. The lowest BCUT2D eigenvalue weighted by atomic mass is 9.88. The Kier molecular flexibility index (Phi) is 8.03. The molecule has 6 nitrogen and oxygen atoms in total. The van der Waals surface area contributed by atoms with E-state index in [4.69, 9.17) is 0 Å². The Hall–Kier alpha value is -3.15. The van der Waals surface area contributed by atoms with Crippen molar-refractivity contribution in [1.29, 1.82) is 0 Å². The molecule has 1 saturated heterocycles. The summed E-state index contributed by atoms with van der Waals surface area (Å²) >= 11 is 0. The van der Waals surface area contributed by atoms with Crippen molar-refractivity contribution in [3.8, 4) is 0 Å². The molecule has 170 valence electrons. The summed E-state index contributed by atoms with van der Waals surface area (Å²) in [6, 6.07) is 14.3. The summed E-state index contributed by atoms with van der Waals surface area (Å²) in [5, 5.41) is 5.89. The number of likely N-dealkylation sites (tertiary alicyclic amines) is 1. The standard InChI is InChI=1S/C26H33N3O3/c1-4-14-27-25(31)23(28-24(30)21-10-8-18(2)9-11-21)20-12-15-29(16-13-20)26(32)22-7-5-6-19(3)17-22/h5-11,17,20,23H,4,12-16H2,1-3H3,(H,27,31)(H,28,30)/t23-/m0/s1. The van der Waals surface area contributed by atoms with Gasteiger partial charge in [0.2, 0.25) is 5.91 Å². The first kappa shape index (κ1) is 23.5. The predicted octanol–water partition coefficient (Wildman–Crippen LogP) is 3.48. The number of nitrogens with one attached hydrogen (secondary N) is 2. The molecule has 0 aliphatic carbocycles. The van der Waals surface area contributed by atoms with Crippen molar-refractivity contribution >= 4 is 17.7 Å². The zero-order valence-electron chi connectivity index (χ0n) is 19.2. The summed E-state index contributed by atoms with van der Waals surface area (Å²) in [6.45, 7) is 7.63. The molecule has 3 rings (SSSR count). The molecule has 0 bridgehead atoms. The average Bonchev–Trinajstić information content (AvgIpc) is 2.81. The monoisotopic (exact) mass is 435 g/mol. The minimum Gasteiger partial charge on any atom is -0.354 e. The van der Waals surface area contributed by atoms with Crippen molar-refractivity contribution < 1.29 is 14.4 Å². The van der Waals surface area contributed by atoms with Gasteiger partial charge in [-0.05, 0) is 63.3 Å². The molecule has 1 fully saturated rings. The van der Waals surface area contributed by atoms with Crippen molar-refractivity contribution in [1.82, 2.24) is 15.5 Å². The van der Waals surface area contributed by atoms with Gasteiger partial charge in [0, 0.05) is 30.8 Å². The van der Waals surface area contributed by atoms with Crippen LogP contribution in [0.2, 0.25) is 0 Å². The van der Waals surface area contributed by atoms with Gasteiger partial charge in [0.1, 0.15) is 6.04 Å². The van der Waals surface area contributed by atoms with E-state index >= 15 is 0 Å². The molecular formula is C26H33N3O3. The zero-order chi connectivity index (χ0) is 23.1. The van der Waals surface area contributed by atoms with Crippen LogP contribution in [0.15, 0.2) is 48.5 Å². The minimum atomic E-state index is -0.619. The Morgan fingerprint density at radius 3 is 2.28 bits per heavy atom. The number of nitrogens with zero attached hydrogens (tertiary/aromatic N) is 1. The number of aryl methyl sites for hydroxylation is 2. The first-order valence-electron chi connectivity index (χ1n) is 11.4. The molecule has 0 unspecified atom stereocenters. The molecule has 1 atom stereocenters. The lowest BCUT2D eigenvalue weighted by Gasteiger charge is -2.36. The molecule has 1 heterocycles. The highest BCUT2D eigenvalue weighted by atomic mass is 16.2. The topological polar surface area (TPSA) is 78.5 Å². The van der Waals surface area contributed by atoms with E-state index in [1.54, 1.807) is 12.1 Å². The second kappa shape index (κ2) is 10.9. The van der Waals surface area contributed by atoms with Crippen LogP contribution in [0.4, 0.5) is 0 Å². The Morgan fingerprint density at radius 2 is 1.66 bits per heavy atom. The molecule has 2 N–H and O–H groups in total. The van der Waals surface area contributed by atoms with Crippen molar-refractivity contribution in [2.24, 2.45) is 5.92 Å². The third kappa shape index (κ3) is 5.96. The molecule has 2 aromatic carbocycles. The lowest BCUT2D eigenvalue weighted by Crippen LogP contribution is -2.54. The maximum Gasteiger partial charge on any atom is 0.253 e. The van der Waals surface area contributed by atoms with Crippen LogP contribution in [0, 0.1) is 19.8 Å². The third-order valence-corrected chi connectivity index (χ3v) is 6.00. The number of hydrogen-bond donors (Lipinski definition) is 2. The van der Waals surface area contributed by atoms with E-state index in [-0.39, 0.29) is 23.6 Å². The molecule has 0 spiro atoms. The van der Waals surface area contributed by atoms with Gasteiger partial charge in [-0.3, -0.25) is 14.4 Å². The van der Waals surface area contributed by atoms with Gasteiger partial charge >= 0.3 is 0 Å². The van der Waals surface area contributed by atoms with Crippen LogP contribution in [0.5, 0.6) is 0 Å². The highest BCUT2D eigenvalue weighted by Crippen LogP contribution is 2.23. The van der Waals surface area contributed by atoms with Gasteiger partial charge in [-0.1, -0.05) is 42.3 Å². The van der Waals surface area contributed by atoms with Crippen molar-refractivity contribution in [3.05, 3.63) is 70.8 Å². The van der Waals surface area contributed by atoms with Gasteiger partial charge in [-0.15, -0.1) is 0 Å². The van der Waals surface area contributed by atoms with E-state index in [9.17, 15) is 14.4 Å². The van der Waals surface area contributed by atoms with Crippen LogP contribution in [-0.2, 0) is 4.79 Å². The summed E-state index contributed by atoms with van der Waals surface area (Å²) in [5.41, 5.74) is 3.35. The number of hydrogen-bond acceptors (Lipinski definition) is 3. The highest BCUT2D eigenvalue weighted by Gasteiger charge is 2.34. The van der Waals surface area contributed by atoms with Gasteiger partial charge in [0.05, 0.1) is 0 Å². The zero-order valence-corrected chi connectivity index (χ0v) is 19.2. The smallest absolute Gasteiger partial charge is 0.253 e. The first-order chi connectivity index (χ1) is 15.4. The number of rotatable bonds is 7. The van der Waals surface area contributed by atoms with Crippen LogP contribution in [0.3, 0.4) is 0 Å². The predicted molar refractivity (Wildman–Crippen MR) is 126 cm³/mol. The Balaban J connectivity index is 1.67. The van der Waals surface area contributed by atoms with Crippen LogP contribution in [0.25, 0.3) is 0 Å². The van der Waals surface area contributed by atoms with E-state index in [1.807, 2.05) is 62.1 Å². The lowest BCUT2D eigenvalue weighted by molar-refractivity contribution is -0.124. The quantitative estimate of drug-likeness (QED) is 0.699. The van der Waals surface area contributed by atoms with E-state index in [0.717, 1.165) is 17.5 Å². The third-order valence-electron chi connectivity index (χ3n) is 6.00. The number of benzene rings is 2. The number of amides is 3. The number of carbonyl (C=O) groups excluding carboxylic acids is 3. The van der Waals surface area contributed by atoms with Gasteiger partial charge in [0.25, 0.3) is 11.8 Å².